The molecule has 2 unspecified atom stereocenters. The standard InChI is InChI=1S/C13H21N3OS/c1-8-2-4-9(5-3-8)12-15-13(17-16-12)10-6-18-7-11(10)14/h8-11H,2-7,14H2,1H3. The second kappa shape index (κ2) is 5.21. The van der Waals surface area contributed by atoms with E-state index in [2.05, 4.69) is 17.1 Å². The number of hydrogen-bond donors (Lipinski definition) is 1. The van der Waals surface area contributed by atoms with Gasteiger partial charge >= 0.3 is 0 Å². The normalized spacial score (nSPS) is 37.0. The maximum absolute atomic E-state index is 6.07. The molecule has 5 heteroatoms. The minimum atomic E-state index is 0.176. The highest BCUT2D eigenvalue weighted by Crippen LogP contribution is 2.36. The van der Waals surface area contributed by atoms with Crippen molar-refractivity contribution in [2.45, 2.75) is 50.5 Å². The molecule has 1 saturated carbocycles. The van der Waals surface area contributed by atoms with E-state index < -0.39 is 0 Å². The number of hydrogen-bond acceptors (Lipinski definition) is 5. The monoisotopic (exact) mass is 267 g/mol. The Morgan fingerprint density at radius 1 is 1.22 bits per heavy atom. The molecule has 2 aliphatic rings. The highest BCUT2D eigenvalue weighted by molar-refractivity contribution is 7.99. The van der Waals surface area contributed by atoms with Crippen molar-refractivity contribution in [3.63, 3.8) is 0 Å². The Morgan fingerprint density at radius 3 is 2.67 bits per heavy atom. The van der Waals surface area contributed by atoms with E-state index in [-0.39, 0.29) is 12.0 Å². The summed E-state index contributed by atoms with van der Waals surface area (Å²) < 4.78 is 5.44. The minimum Gasteiger partial charge on any atom is -0.339 e. The van der Waals surface area contributed by atoms with Gasteiger partial charge in [-0.15, -0.1) is 0 Å². The Balaban J connectivity index is 1.69. The summed E-state index contributed by atoms with van der Waals surface area (Å²) in [5, 5.41) is 4.19. The van der Waals surface area contributed by atoms with Crippen molar-refractivity contribution in [3.05, 3.63) is 11.7 Å². The van der Waals surface area contributed by atoms with Crippen molar-refractivity contribution in [3.8, 4) is 0 Å². The van der Waals surface area contributed by atoms with Gasteiger partial charge in [-0.1, -0.05) is 24.9 Å². The second-order valence-corrected chi connectivity index (χ2v) is 6.83. The summed E-state index contributed by atoms with van der Waals surface area (Å²) in [6.45, 7) is 2.33. The predicted molar refractivity (Wildman–Crippen MR) is 72.7 cm³/mol. The fourth-order valence-electron chi connectivity index (χ4n) is 2.91. The van der Waals surface area contributed by atoms with Crippen LogP contribution in [-0.2, 0) is 0 Å². The third-order valence-corrected chi connectivity index (χ3v) is 5.50. The van der Waals surface area contributed by atoms with Gasteiger partial charge < -0.3 is 10.3 Å². The quantitative estimate of drug-likeness (QED) is 0.892. The van der Waals surface area contributed by atoms with Crippen LogP contribution in [0.3, 0.4) is 0 Å². The van der Waals surface area contributed by atoms with Crippen LogP contribution in [0.1, 0.15) is 56.2 Å². The van der Waals surface area contributed by atoms with Crippen LogP contribution >= 0.6 is 11.8 Å². The molecule has 2 atom stereocenters. The van der Waals surface area contributed by atoms with Gasteiger partial charge in [0.05, 0.1) is 5.92 Å². The van der Waals surface area contributed by atoms with Crippen molar-refractivity contribution in [1.82, 2.24) is 10.1 Å². The topological polar surface area (TPSA) is 64.9 Å². The molecule has 2 heterocycles. The number of rotatable bonds is 2. The molecule has 0 aromatic carbocycles. The van der Waals surface area contributed by atoms with E-state index in [0.29, 0.717) is 5.92 Å². The van der Waals surface area contributed by atoms with Crippen molar-refractivity contribution in [1.29, 1.82) is 0 Å². The molecule has 1 aliphatic heterocycles. The number of nitrogens with zero attached hydrogens (tertiary/aromatic N) is 2. The fourth-order valence-corrected chi connectivity index (χ4v) is 4.19. The molecule has 100 valence electrons. The van der Waals surface area contributed by atoms with Gasteiger partial charge in [-0.3, -0.25) is 0 Å². The van der Waals surface area contributed by atoms with Crippen LogP contribution in [0.15, 0.2) is 4.52 Å². The summed E-state index contributed by atoms with van der Waals surface area (Å²) in [4.78, 5) is 4.62. The van der Waals surface area contributed by atoms with E-state index in [1.807, 2.05) is 11.8 Å². The van der Waals surface area contributed by atoms with Gasteiger partial charge in [-0.05, 0) is 18.8 Å². The van der Waals surface area contributed by atoms with Crippen LogP contribution in [0.4, 0.5) is 0 Å². The summed E-state index contributed by atoms with van der Waals surface area (Å²) in [5.41, 5.74) is 6.07. The number of thioether (sulfide) groups is 1. The SMILES string of the molecule is CC1CCC(c2noc(C3CSCC3N)n2)CC1. The molecule has 18 heavy (non-hydrogen) atoms. The van der Waals surface area contributed by atoms with Crippen molar-refractivity contribution in [2.24, 2.45) is 11.7 Å². The Kier molecular flexibility index (Phi) is 3.61. The molecule has 1 aromatic rings. The smallest absolute Gasteiger partial charge is 0.232 e. The van der Waals surface area contributed by atoms with E-state index in [1.54, 1.807) is 0 Å². The zero-order valence-electron chi connectivity index (χ0n) is 10.8. The molecule has 1 aromatic heterocycles. The first-order valence-electron chi connectivity index (χ1n) is 6.91. The lowest BCUT2D eigenvalue weighted by molar-refractivity contribution is 0.319. The molecule has 0 amide bonds. The maximum atomic E-state index is 6.07. The van der Waals surface area contributed by atoms with Gasteiger partial charge in [-0.25, -0.2) is 0 Å². The van der Waals surface area contributed by atoms with Crippen molar-refractivity contribution >= 4 is 11.8 Å². The fraction of sp³-hybridized carbons (Fsp3) is 0.846. The summed E-state index contributed by atoms with van der Waals surface area (Å²) >= 11 is 1.88. The first-order valence-corrected chi connectivity index (χ1v) is 8.06. The summed E-state index contributed by atoms with van der Waals surface area (Å²) in [6, 6.07) is 0.176. The zero-order valence-corrected chi connectivity index (χ0v) is 11.7. The van der Waals surface area contributed by atoms with Crippen LogP contribution in [0.2, 0.25) is 0 Å². The zero-order chi connectivity index (χ0) is 12.5. The predicted octanol–water partition coefficient (Wildman–Crippen LogP) is 2.52. The number of aromatic nitrogens is 2. The van der Waals surface area contributed by atoms with E-state index in [0.717, 1.165) is 29.1 Å². The third kappa shape index (κ3) is 2.43. The molecule has 2 N–H and O–H groups in total. The lowest BCUT2D eigenvalue weighted by Crippen LogP contribution is -2.26. The van der Waals surface area contributed by atoms with Crippen LogP contribution in [0, 0.1) is 5.92 Å². The van der Waals surface area contributed by atoms with Crippen molar-refractivity contribution < 1.29 is 4.52 Å². The van der Waals surface area contributed by atoms with Crippen molar-refractivity contribution in [2.75, 3.05) is 11.5 Å². The first-order chi connectivity index (χ1) is 8.74. The Labute approximate surface area is 112 Å². The van der Waals surface area contributed by atoms with Gasteiger partial charge in [0.2, 0.25) is 5.89 Å². The molecule has 1 saturated heterocycles. The molecule has 0 bridgehead atoms. The van der Waals surface area contributed by atoms with Crippen LogP contribution in [-0.4, -0.2) is 27.7 Å². The molecule has 0 spiro atoms. The first kappa shape index (κ1) is 12.5. The molecular formula is C13H21N3OS. The molecule has 3 rings (SSSR count). The van der Waals surface area contributed by atoms with Crippen LogP contribution in [0.25, 0.3) is 0 Å². The van der Waals surface area contributed by atoms with Gasteiger partial charge in [0.25, 0.3) is 0 Å². The molecule has 1 aliphatic carbocycles. The lowest BCUT2D eigenvalue weighted by Gasteiger charge is -2.23. The molecule has 2 fully saturated rings. The average molecular weight is 267 g/mol. The van der Waals surface area contributed by atoms with Gasteiger partial charge in [0.1, 0.15) is 0 Å². The van der Waals surface area contributed by atoms with E-state index in [1.165, 1.54) is 25.7 Å². The summed E-state index contributed by atoms with van der Waals surface area (Å²) in [5.74, 6) is 5.32. The van der Waals surface area contributed by atoms with Crippen LogP contribution in [0.5, 0.6) is 0 Å². The van der Waals surface area contributed by atoms with Gasteiger partial charge in [0.15, 0.2) is 5.82 Å². The van der Waals surface area contributed by atoms with Crippen LogP contribution < -0.4 is 5.73 Å². The highest BCUT2D eigenvalue weighted by Gasteiger charge is 2.32. The van der Waals surface area contributed by atoms with Gasteiger partial charge in [-0.2, -0.15) is 16.7 Å². The average Bonchev–Trinajstić information content (AvgIpc) is 2.98. The second-order valence-electron chi connectivity index (χ2n) is 5.76. The van der Waals surface area contributed by atoms with Gasteiger partial charge in [0, 0.05) is 23.5 Å². The van der Waals surface area contributed by atoms with E-state index in [9.17, 15) is 0 Å². The maximum Gasteiger partial charge on any atom is 0.232 e. The Morgan fingerprint density at radius 2 is 2.00 bits per heavy atom. The summed E-state index contributed by atoms with van der Waals surface area (Å²) in [7, 11) is 0. The van der Waals surface area contributed by atoms with E-state index in [4.69, 9.17) is 10.3 Å². The van der Waals surface area contributed by atoms with E-state index >= 15 is 0 Å². The third-order valence-electron chi connectivity index (χ3n) is 4.28. The molecule has 4 nitrogen and oxygen atoms in total. The minimum absolute atomic E-state index is 0.176. The highest BCUT2D eigenvalue weighted by atomic mass is 32.2. The number of nitrogens with two attached hydrogens (primary N) is 1. The summed E-state index contributed by atoms with van der Waals surface area (Å²) in [6.07, 6.45) is 4.97. The Bertz CT molecular complexity index is 401. The lowest BCUT2D eigenvalue weighted by atomic mass is 9.83. The largest absolute Gasteiger partial charge is 0.339 e. The molecular weight excluding hydrogens is 246 g/mol. The Hall–Kier alpha value is -0.550. The molecule has 0 radical (unpaired) electrons.